The molecule has 0 bridgehead atoms. The van der Waals surface area contributed by atoms with Crippen molar-refractivity contribution in [2.75, 3.05) is 39.5 Å². The molecule has 2 aromatic carbocycles. The lowest BCUT2D eigenvalue weighted by Crippen LogP contribution is -2.44. The lowest BCUT2D eigenvalue weighted by atomic mass is 9.81. The van der Waals surface area contributed by atoms with Crippen LogP contribution in [0.2, 0.25) is 0 Å². The molecule has 4 rings (SSSR count). The molecule has 0 aliphatic carbocycles. The summed E-state index contributed by atoms with van der Waals surface area (Å²) < 4.78 is 32.3. The fourth-order valence-corrected chi connectivity index (χ4v) is 6.19. The number of aliphatic carboxylic acids is 1. The van der Waals surface area contributed by atoms with E-state index in [0.717, 1.165) is 54.1 Å². The molecule has 9 heteroatoms. The fraction of sp³-hybridized carbons (Fsp3) is 0.429. The summed E-state index contributed by atoms with van der Waals surface area (Å²) in [5.41, 5.74) is 2.02. The largest absolute Gasteiger partial charge is 0.497 e. The van der Waals surface area contributed by atoms with Crippen LogP contribution in [-0.2, 0) is 4.79 Å². The van der Waals surface area contributed by atoms with Gasteiger partial charge in [-0.25, -0.2) is 8.78 Å². The number of benzene rings is 2. The Balaban J connectivity index is 1.36. The zero-order valence-corrected chi connectivity index (χ0v) is 21.9. The van der Waals surface area contributed by atoms with Gasteiger partial charge in [-0.3, -0.25) is 9.78 Å². The van der Waals surface area contributed by atoms with Gasteiger partial charge in [0, 0.05) is 47.4 Å². The molecule has 1 unspecified atom stereocenters. The minimum Gasteiger partial charge on any atom is -0.497 e. The Morgan fingerprint density at radius 1 is 1.24 bits per heavy atom. The van der Waals surface area contributed by atoms with E-state index in [1.54, 1.807) is 7.11 Å². The van der Waals surface area contributed by atoms with Crippen molar-refractivity contribution in [3.05, 3.63) is 65.9 Å². The first-order chi connectivity index (χ1) is 17.9. The van der Waals surface area contributed by atoms with Crippen molar-refractivity contribution in [1.82, 2.24) is 15.2 Å². The third kappa shape index (κ3) is 6.97. The summed E-state index contributed by atoms with van der Waals surface area (Å²) in [6.07, 6.45) is 4.21. The standard InChI is InChI=1S/C28H33F2N3O3S/c1-31-26(23-7-9-32-27-6-4-21(36-2)16-24(23)27)5-3-18-8-10-33(17-25(18)28(34)35)11-12-37-22-14-19(29)13-20(30)15-22/h4,6-7,9,13-16,18,25-26,31H,3,5,8,10-12,17H2,1-2H3,(H,34,35)/t18-,25+,26?/m1/s1. The number of carboxylic acid groups (broad SMARTS) is 1. The topological polar surface area (TPSA) is 74.7 Å². The van der Waals surface area contributed by atoms with Gasteiger partial charge in [0.1, 0.15) is 17.4 Å². The first kappa shape index (κ1) is 27.3. The number of likely N-dealkylation sites (tertiary alicyclic amines) is 1. The van der Waals surface area contributed by atoms with Gasteiger partial charge in [-0.05, 0) is 80.7 Å². The lowest BCUT2D eigenvalue weighted by Gasteiger charge is -2.37. The molecule has 1 aliphatic rings. The van der Waals surface area contributed by atoms with E-state index in [2.05, 4.69) is 15.2 Å². The predicted octanol–water partition coefficient (Wildman–Crippen LogP) is 5.38. The number of methoxy groups -OCH3 is 1. The van der Waals surface area contributed by atoms with Crippen LogP contribution in [0.1, 0.15) is 30.9 Å². The van der Waals surface area contributed by atoms with Crippen LogP contribution in [0.25, 0.3) is 10.9 Å². The maximum absolute atomic E-state index is 13.4. The Morgan fingerprint density at radius 3 is 2.73 bits per heavy atom. The molecule has 0 spiro atoms. The molecule has 3 atom stereocenters. The SMILES string of the molecule is CNC(CC[C@@H]1CCN(CCSc2cc(F)cc(F)c2)C[C@@H]1C(=O)O)c1ccnc2ccc(OC)cc12. The number of pyridine rings is 1. The number of hydrogen-bond acceptors (Lipinski definition) is 6. The minimum absolute atomic E-state index is 0.0631. The molecule has 1 saturated heterocycles. The van der Waals surface area contributed by atoms with Crippen molar-refractivity contribution < 1.29 is 23.4 Å². The molecular weight excluding hydrogens is 496 g/mol. The zero-order chi connectivity index (χ0) is 26.4. The van der Waals surface area contributed by atoms with Crippen LogP contribution in [0, 0.1) is 23.5 Å². The summed E-state index contributed by atoms with van der Waals surface area (Å²) >= 11 is 1.38. The highest BCUT2D eigenvalue weighted by Crippen LogP contribution is 2.34. The number of nitrogens with zero attached hydrogens (tertiary/aromatic N) is 2. The second-order valence-corrected chi connectivity index (χ2v) is 10.6. The van der Waals surface area contributed by atoms with E-state index in [0.29, 0.717) is 23.7 Å². The molecule has 2 N–H and O–H groups in total. The molecule has 2 heterocycles. The third-order valence-electron chi connectivity index (χ3n) is 7.20. The molecule has 198 valence electrons. The lowest BCUT2D eigenvalue weighted by molar-refractivity contribution is -0.146. The van der Waals surface area contributed by atoms with Gasteiger partial charge in [0.25, 0.3) is 0 Å². The molecule has 6 nitrogen and oxygen atoms in total. The molecule has 0 saturated carbocycles. The van der Waals surface area contributed by atoms with Crippen LogP contribution < -0.4 is 10.1 Å². The molecule has 1 aliphatic heterocycles. The average Bonchev–Trinajstić information content (AvgIpc) is 2.88. The number of rotatable bonds is 11. The average molecular weight is 530 g/mol. The maximum atomic E-state index is 13.4. The van der Waals surface area contributed by atoms with E-state index in [1.165, 1.54) is 23.9 Å². The monoisotopic (exact) mass is 529 g/mol. The number of piperidine rings is 1. The van der Waals surface area contributed by atoms with Crippen LogP contribution in [-0.4, -0.2) is 60.5 Å². The second kappa shape index (κ2) is 12.7. The van der Waals surface area contributed by atoms with Crippen molar-refractivity contribution in [3.8, 4) is 5.75 Å². The number of carboxylic acids is 1. The Morgan fingerprint density at radius 2 is 2.03 bits per heavy atom. The van der Waals surface area contributed by atoms with Crippen molar-refractivity contribution in [2.24, 2.45) is 11.8 Å². The van der Waals surface area contributed by atoms with E-state index in [-0.39, 0.29) is 12.0 Å². The number of thioether (sulfide) groups is 1. The maximum Gasteiger partial charge on any atom is 0.308 e. The Labute approximate surface area is 220 Å². The van der Waals surface area contributed by atoms with Gasteiger partial charge in [-0.1, -0.05) is 0 Å². The number of ether oxygens (including phenoxy) is 1. The molecule has 0 amide bonds. The summed E-state index contributed by atoms with van der Waals surface area (Å²) in [7, 11) is 3.57. The van der Waals surface area contributed by atoms with Gasteiger partial charge in [-0.2, -0.15) is 0 Å². The Hall–Kier alpha value is -2.75. The number of nitrogens with one attached hydrogen (secondary N) is 1. The quantitative estimate of drug-likeness (QED) is 0.323. The van der Waals surface area contributed by atoms with Crippen LogP contribution >= 0.6 is 11.8 Å². The van der Waals surface area contributed by atoms with Crippen molar-refractivity contribution in [1.29, 1.82) is 0 Å². The van der Waals surface area contributed by atoms with Gasteiger partial charge >= 0.3 is 5.97 Å². The number of fused-ring (bicyclic) bond motifs is 1. The molecule has 1 fully saturated rings. The number of hydrogen-bond donors (Lipinski definition) is 2. The van der Waals surface area contributed by atoms with E-state index < -0.39 is 23.5 Å². The fourth-order valence-electron chi connectivity index (χ4n) is 5.21. The summed E-state index contributed by atoms with van der Waals surface area (Å²) in [5, 5.41) is 14.4. The predicted molar refractivity (Wildman–Crippen MR) is 142 cm³/mol. The third-order valence-corrected chi connectivity index (χ3v) is 8.16. The van der Waals surface area contributed by atoms with Gasteiger partial charge in [0.2, 0.25) is 0 Å². The Bertz CT molecular complexity index is 1210. The first-order valence-corrected chi connectivity index (χ1v) is 13.5. The Kier molecular flexibility index (Phi) is 9.34. The second-order valence-electron chi connectivity index (χ2n) is 9.45. The van der Waals surface area contributed by atoms with Crippen LogP contribution in [0.3, 0.4) is 0 Å². The van der Waals surface area contributed by atoms with E-state index >= 15 is 0 Å². The minimum atomic E-state index is -0.769. The molecule has 1 aromatic heterocycles. The van der Waals surface area contributed by atoms with Crippen molar-refractivity contribution in [2.45, 2.75) is 30.2 Å². The molecular formula is C28H33F2N3O3S. The van der Waals surface area contributed by atoms with Gasteiger partial charge < -0.3 is 20.1 Å². The van der Waals surface area contributed by atoms with Crippen LogP contribution in [0.4, 0.5) is 8.78 Å². The highest BCUT2D eigenvalue weighted by atomic mass is 32.2. The molecule has 0 radical (unpaired) electrons. The normalized spacial score (nSPS) is 19.1. The number of aromatic nitrogens is 1. The highest BCUT2D eigenvalue weighted by Gasteiger charge is 2.34. The van der Waals surface area contributed by atoms with Crippen molar-refractivity contribution in [3.63, 3.8) is 0 Å². The number of halogens is 2. The highest BCUT2D eigenvalue weighted by molar-refractivity contribution is 7.99. The molecule has 37 heavy (non-hydrogen) atoms. The smallest absolute Gasteiger partial charge is 0.308 e. The van der Waals surface area contributed by atoms with Crippen LogP contribution in [0.15, 0.2) is 53.6 Å². The van der Waals surface area contributed by atoms with Gasteiger partial charge in [-0.15, -0.1) is 11.8 Å². The van der Waals surface area contributed by atoms with E-state index in [4.69, 9.17) is 4.74 Å². The van der Waals surface area contributed by atoms with Gasteiger partial charge in [0.15, 0.2) is 0 Å². The molecule has 3 aromatic rings. The summed E-state index contributed by atoms with van der Waals surface area (Å²) in [4.78, 5) is 19.3. The van der Waals surface area contributed by atoms with Gasteiger partial charge in [0.05, 0.1) is 18.5 Å². The first-order valence-electron chi connectivity index (χ1n) is 12.5. The van der Waals surface area contributed by atoms with Crippen molar-refractivity contribution >= 4 is 28.6 Å². The summed E-state index contributed by atoms with van der Waals surface area (Å²) in [5.74, 6) is -0.902. The van der Waals surface area contributed by atoms with E-state index in [1.807, 2.05) is 37.5 Å². The number of carbonyl (C=O) groups is 1. The van der Waals surface area contributed by atoms with E-state index in [9.17, 15) is 18.7 Å². The summed E-state index contributed by atoms with van der Waals surface area (Å²) in [6, 6.07) is 11.4. The summed E-state index contributed by atoms with van der Waals surface area (Å²) in [6.45, 7) is 1.97. The van der Waals surface area contributed by atoms with Crippen LogP contribution in [0.5, 0.6) is 5.75 Å². The zero-order valence-electron chi connectivity index (χ0n) is 21.1.